The number of ether oxygens (including phenoxy) is 1. The highest BCUT2D eigenvalue weighted by Crippen LogP contribution is 2.27. The lowest BCUT2D eigenvalue weighted by Gasteiger charge is -2.12. The van der Waals surface area contributed by atoms with Crippen molar-refractivity contribution in [3.63, 3.8) is 0 Å². The molecule has 1 aromatic carbocycles. The largest absolute Gasteiger partial charge is 0.497 e. The molecule has 1 fully saturated rings. The third-order valence-corrected chi connectivity index (χ3v) is 6.00. The van der Waals surface area contributed by atoms with Crippen LogP contribution in [0.25, 0.3) is 11.0 Å². The Bertz CT molecular complexity index is 770. The number of halogens is 1. The number of hydrogen-bond acceptors (Lipinski definition) is 4. The van der Waals surface area contributed by atoms with Crippen molar-refractivity contribution in [1.29, 1.82) is 0 Å². The standard InChI is InChI=1S/C14H17ClN2O3S/c1-20-11-2-3-12-13(6-11)17(14(7-15)16-12)8-10-4-5-21(18,19)9-10/h2-3,6,10H,4-5,7-9H2,1H3. The van der Waals surface area contributed by atoms with E-state index in [-0.39, 0.29) is 17.4 Å². The lowest BCUT2D eigenvalue weighted by molar-refractivity contribution is 0.415. The normalized spacial score (nSPS) is 21.0. The first-order valence-electron chi connectivity index (χ1n) is 6.82. The van der Waals surface area contributed by atoms with Gasteiger partial charge in [-0.15, -0.1) is 11.6 Å². The second kappa shape index (κ2) is 5.50. The van der Waals surface area contributed by atoms with Crippen LogP contribution in [0.15, 0.2) is 18.2 Å². The summed E-state index contributed by atoms with van der Waals surface area (Å²) < 4.78 is 30.5. The van der Waals surface area contributed by atoms with Crippen LogP contribution in [-0.4, -0.2) is 36.6 Å². The number of alkyl halides is 1. The number of fused-ring (bicyclic) bond motifs is 1. The molecule has 0 amide bonds. The maximum atomic E-state index is 11.6. The second-order valence-corrected chi connectivity index (χ2v) is 7.89. The van der Waals surface area contributed by atoms with Crippen LogP contribution in [0.3, 0.4) is 0 Å². The summed E-state index contributed by atoms with van der Waals surface area (Å²) in [5, 5.41) is 0. The van der Waals surface area contributed by atoms with Gasteiger partial charge in [0.25, 0.3) is 0 Å². The monoisotopic (exact) mass is 328 g/mol. The van der Waals surface area contributed by atoms with Crippen LogP contribution in [0.5, 0.6) is 5.75 Å². The van der Waals surface area contributed by atoms with Gasteiger partial charge >= 0.3 is 0 Å². The SMILES string of the molecule is COc1ccc2nc(CCl)n(CC3CCS(=O)(=O)C3)c2c1. The van der Waals surface area contributed by atoms with Crippen molar-refractivity contribution >= 4 is 32.5 Å². The number of aromatic nitrogens is 2. The van der Waals surface area contributed by atoms with E-state index in [1.54, 1.807) is 7.11 Å². The van der Waals surface area contributed by atoms with E-state index in [1.807, 2.05) is 22.8 Å². The van der Waals surface area contributed by atoms with Crippen LogP contribution in [0.1, 0.15) is 12.2 Å². The van der Waals surface area contributed by atoms with E-state index in [4.69, 9.17) is 16.3 Å². The Morgan fingerprint density at radius 1 is 1.48 bits per heavy atom. The predicted octanol–water partition coefficient (Wildman–Crippen LogP) is 2.22. The number of sulfone groups is 1. The topological polar surface area (TPSA) is 61.2 Å². The molecule has 3 rings (SSSR count). The first-order chi connectivity index (χ1) is 10.0. The van der Waals surface area contributed by atoms with E-state index >= 15 is 0 Å². The van der Waals surface area contributed by atoms with Gasteiger partial charge in [0.15, 0.2) is 9.84 Å². The number of benzene rings is 1. The summed E-state index contributed by atoms with van der Waals surface area (Å²) in [6.07, 6.45) is 0.702. The molecule has 7 heteroatoms. The zero-order chi connectivity index (χ0) is 15.0. The first kappa shape index (κ1) is 14.7. The van der Waals surface area contributed by atoms with E-state index in [1.165, 1.54) is 0 Å². The summed E-state index contributed by atoms with van der Waals surface area (Å²) in [6.45, 7) is 0.630. The highest BCUT2D eigenvalue weighted by atomic mass is 35.5. The predicted molar refractivity (Wildman–Crippen MR) is 82.6 cm³/mol. The Morgan fingerprint density at radius 3 is 2.90 bits per heavy atom. The molecule has 1 aliphatic rings. The fourth-order valence-corrected chi connectivity index (χ4v) is 4.91. The van der Waals surface area contributed by atoms with Gasteiger partial charge in [-0.2, -0.15) is 0 Å². The molecule has 0 aliphatic carbocycles. The number of imidazole rings is 1. The molecule has 0 spiro atoms. The molecule has 21 heavy (non-hydrogen) atoms. The minimum absolute atomic E-state index is 0.126. The summed E-state index contributed by atoms with van der Waals surface area (Å²) in [5.41, 5.74) is 1.79. The summed E-state index contributed by atoms with van der Waals surface area (Å²) in [7, 11) is -1.26. The molecular weight excluding hydrogens is 312 g/mol. The molecule has 1 aliphatic heterocycles. The highest BCUT2D eigenvalue weighted by Gasteiger charge is 2.29. The van der Waals surface area contributed by atoms with Crippen molar-refractivity contribution in [2.45, 2.75) is 18.8 Å². The number of rotatable bonds is 4. The molecule has 1 unspecified atom stereocenters. The quantitative estimate of drug-likeness (QED) is 0.807. The van der Waals surface area contributed by atoms with Crippen LogP contribution in [-0.2, 0) is 22.3 Å². The summed E-state index contributed by atoms with van der Waals surface area (Å²) in [5.74, 6) is 2.48. The fraction of sp³-hybridized carbons (Fsp3) is 0.500. The Morgan fingerprint density at radius 2 is 2.29 bits per heavy atom. The second-order valence-electron chi connectivity index (χ2n) is 5.40. The zero-order valence-electron chi connectivity index (χ0n) is 11.8. The van der Waals surface area contributed by atoms with Crippen LogP contribution in [0.2, 0.25) is 0 Å². The van der Waals surface area contributed by atoms with Crippen LogP contribution < -0.4 is 4.74 Å². The molecule has 1 atom stereocenters. The van der Waals surface area contributed by atoms with Crippen LogP contribution >= 0.6 is 11.6 Å². The Labute approximate surface area is 128 Å². The van der Waals surface area contributed by atoms with Crippen LogP contribution in [0, 0.1) is 5.92 Å². The average Bonchev–Trinajstić information content (AvgIpc) is 2.99. The molecule has 114 valence electrons. The van der Waals surface area contributed by atoms with Crippen molar-refractivity contribution in [3.05, 3.63) is 24.0 Å². The van der Waals surface area contributed by atoms with Crippen molar-refractivity contribution < 1.29 is 13.2 Å². The Balaban J connectivity index is 1.99. The molecule has 5 nitrogen and oxygen atoms in total. The van der Waals surface area contributed by atoms with Crippen molar-refractivity contribution in [3.8, 4) is 5.75 Å². The zero-order valence-corrected chi connectivity index (χ0v) is 13.3. The lowest BCUT2D eigenvalue weighted by Crippen LogP contribution is -2.14. The molecule has 0 saturated carbocycles. The molecule has 2 aromatic rings. The molecule has 0 bridgehead atoms. The summed E-state index contributed by atoms with van der Waals surface area (Å²) in [4.78, 5) is 4.51. The lowest BCUT2D eigenvalue weighted by atomic mass is 10.1. The van der Waals surface area contributed by atoms with E-state index in [9.17, 15) is 8.42 Å². The van der Waals surface area contributed by atoms with Gasteiger partial charge in [0.05, 0.1) is 35.5 Å². The van der Waals surface area contributed by atoms with E-state index < -0.39 is 9.84 Å². The average molecular weight is 329 g/mol. The van der Waals surface area contributed by atoms with Gasteiger partial charge in [-0.1, -0.05) is 0 Å². The molecule has 1 saturated heterocycles. The summed E-state index contributed by atoms with van der Waals surface area (Å²) >= 11 is 5.99. The van der Waals surface area contributed by atoms with Crippen molar-refractivity contribution in [2.75, 3.05) is 18.6 Å². The smallest absolute Gasteiger partial charge is 0.150 e. The minimum atomic E-state index is -2.88. The number of nitrogens with zero attached hydrogens (tertiary/aromatic N) is 2. The highest BCUT2D eigenvalue weighted by molar-refractivity contribution is 7.91. The molecular formula is C14H17ClN2O3S. The van der Waals surface area contributed by atoms with Gasteiger partial charge in [0.1, 0.15) is 11.6 Å². The Kier molecular flexibility index (Phi) is 3.84. The maximum Gasteiger partial charge on any atom is 0.150 e. The maximum absolute atomic E-state index is 11.6. The number of hydrogen-bond donors (Lipinski definition) is 0. The van der Waals surface area contributed by atoms with Gasteiger partial charge in [0.2, 0.25) is 0 Å². The van der Waals surface area contributed by atoms with Crippen LogP contribution in [0.4, 0.5) is 0 Å². The van der Waals surface area contributed by atoms with E-state index in [0.29, 0.717) is 18.8 Å². The first-order valence-corrected chi connectivity index (χ1v) is 9.17. The fourth-order valence-electron chi connectivity index (χ4n) is 2.86. The van der Waals surface area contributed by atoms with Crippen molar-refractivity contribution in [2.24, 2.45) is 5.92 Å². The van der Waals surface area contributed by atoms with Crippen molar-refractivity contribution in [1.82, 2.24) is 9.55 Å². The third-order valence-electron chi connectivity index (χ3n) is 3.92. The Hall–Kier alpha value is -1.27. The van der Waals surface area contributed by atoms with Gasteiger partial charge < -0.3 is 9.30 Å². The van der Waals surface area contributed by atoms with Gasteiger partial charge in [-0.25, -0.2) is 13.4 Å². The molecule has 0 radical (unpaired) electrons. The van der Waals surface area contributed by atoms with Gasteiger partial charge in [-0.05, 0) is 24.5 Å². The van der Waals surface area contributed by atoms with Gasteiger partial charge in [-0.3, -0.25) is 0 Å². The third kappa shape index (κ3) is 2.87. The molecule has 1 aromatic heterocycles. The van der Waals surface area contributed by atoms with E-state index in [2.05, 4.69) is 4.98 Å². The van der Waals surface area contributed by atoms with E-state index in [0.717, 1.165) is 22.6 Å². The minimum Gasteiger partial charge on any atom is -0.497 e. The number of methoxy groups -OCH3 is 1. The molecule has 0 N–H and O–H groups in total. The summed E-state index contributed by atoms with van der Waals surface area (Å²) in [6, 6.07) is 5.67. The molecule has 2 heterocycles. The van der Waals surface area contributed by atoms with Gasteiger partial charge in [0, 0.05) is 12.6 Å².